The van der Waals surface area contributed by atoms with Crippen molar-refractivity contribution in [3.8, 4) is 0 Å². The second-order valence-corrected chi connectivity index (χ2v) is 14.1. The fourth-order valence-corrected chi connectivity index (χ4v) is 8.22. The third-order valence-corrected chi connectivity index (χ3v) is 10.7. The number of hydrogen-bond acceptors (Lipinski definition) is 12. The Bertz CT molecular complexity index is 1430. The van der Waals surface area contributed by atoms with Crippen molar-refractivity contribution in [1.29, 1.82) is 0 Å². The van der Waals surface area contributed by atoms with Crippen LogP contribution in [0.4, 0.5) is 13.2 Å². The van der Waals surface area contributed by atoms with Gasteiger partial charge in [-0.15, -0.1) is 0 Å². The van der Waals surface area contributed by atoms with Crippen LogP contribution in [0.1, 0.15) is 70.6 Å². The van der Waals surface area contributed by atoms with Crippen LogP contribution in [-0.2, 0) is 42.7 Å². The van der Waals surface area contributed by atoms with E-state index >= 15 is 0 Å². The summed E-state index contributed by atoms with van der Waals surface area (Å²) in [6.07, 6.45) is -3.02. The van der Waals surface area contributed by atoms with Crippen LogP contribution < -0.4 is 0 Å². The zero-order valence-corrected chi connectivity index (χ0v) is 25.8. The van der Waals surface area contributed by atoms with Crippen molar-refractivity contribution in [3.63, 3.8) is 0 Å². The van der Waals surface area contributed by atoms with Crippen molar-refractivity contribution in [2.45, 2.75) is 149 Å². The van der Waals surface area contributed by atoms with Gasteiger partial charge in [0.25, 0.3) is 0 Å². The molecule has 3 saturated carbocycles. The number of hydrogen-bond donors (Lipinski definition) is 0. The molecule has 3 aliphatic carbocycles. The maximum Gasteiger partial charge on any atom is 0.523 e. The summed E-state index contributed by atoms with van der Waals surface area (Å²) in [4.78, 5) is 8.55. The lowest BCUT2D eigenvalue weighted by atomic mass is 9.84. The van der Waals surface area contributed by atoms with E-state index in [9.17, 15) is 38.2 Å². The topological polar surface area (TPSA) is 245 Å². The molecule has 0 aromatic rings. The lowest BCUT2D eigenvalue weighted by molar-refractivity contribution is -0.385. The summed E-state index contributed by atoms with van der Waals surface area (Å²) in [6.45, 7) is -0.225. The van der Waals surface area contributed by atoms with Gasteiger partial charge in [0, 0.05) is 40.4 Å². The molecular weight excluding hydrogens is 659 g/mol. The Balaban J connectivity index is 1.35. The summed E-state index contributed by atoms with van der Waals surface area (Å²) < 4.78 is 108. The van der Waals surface area contributed by atoms with Crippen LogP contribution in [0.2, 0.25) is 0 Å². The summed E-state index contributed by atoms with van der Waals surface area (Å²) in [7, 11) is -6.24. The minimum absolute atomic E-state index is 0.0541. The Hall–Kier alpha value is -2.61. The normalized spacial score (nSPS) is 39.5. The van der Waals surface area contributed by atoms with Gasteiger partial charge in [-0.25, -0.2) is 0 Å². The third kappa shape index (κ3) is 6.69. The maximum atomic E-state index is 13.6. The van der Waals surface area contributed by atoms with Crippen molar-refractivity contribution < 1.29 is 54.2 Å². The summed E-state index contributed by atoms with van der Waals surface area (Å²) in [5, 5.41) is 11.3. The maximum absolute atomic E-state index is 13.6. The zero-order valence-electron chi connectivity index (χ0n) is 25.0. The predicted molar refractivity (Wildman–Crippen MR) is 149 cm³/mol. The van der Waals surface area contributed by atoms with Crippen LogP contribution in [0.3, 0.4) is 0 Å². The summed E-state index contributed by atoms with van der Waals surface area (Å²) >= 11 is 0. The van der Waals surface area contributed by atoms with Gasteiger partial charge in [-0.05, 0) is 48.7 Å². The molecule has 0 aromatic heterocycles. The highest BCUT2D eigenvalue weighted by atomic mass is 32.2. The van der Waals surface area contributed by atoms with Gasteiger partial charge < -0.3 is 28.4 Å². The molecule has 22 heteroatoms. The smallest absolute Gasteiger partial charge is 0.347 e. The summed E-state index contributed by atoms with van der Waals surface area (Å²) in [6, 6.07) is -3.75. The molecule has 0 bridgehead atoms. The highest BCUT2D eigenvalue weighted by Crippen LogP contribution is 2.48. The highest BCUT2D eigenvalue weighted by Gasteiger charge is 2.62. The van der Waals surface area contributed by atoms with Gasteiger partial charge in [0.15, 0.2) is 17.9 Å². The Kier molecular flexibility index (Phi) is 9.74. The highest BCUT2D eigenvalue weighted by molar-refractivity contribution is 7.87. The van der Waals surface area contributed by atoms with Crippen LogP contribution >= 0.6 is 0 Å². The largest absolute Gasteiger partial charge is 0.523 e. The van der Waals surface area contributed by atoms with Crippen molar-refractivity contribution in [3.05, 3.63) is 31.3 Å². The van der Waals surface area contributed by atoms with E-state index in [4.69, 9.17) is 32.6 Å². The molecule has 260 valence electrons. The molecule has 47 heavy (non-hydrogen) atoms. The minimum atomic E-state index is -6.24. The zero-order chi connectivity index (χ0) is 33.5. The van der Waals surface area contributed by atoms with E-state index in [2.05, 4.69) is 30.1 Å². The average molecular weight is 694 g/mol. The first-order valence-electron chi connectivity index (χ1n) is 15.5. The first kappa shape index (κ1) is 34.3. The first-order chi connectivity index (χ1) is 22.4. The van der Waals surface area contributed by atoms with Crippen LogP contribution in [0.25, 0.3) is 31.3 Å². The lowest BCUT2D eigenvalue weighted by Gasteiger charge is -2.53. The number of halogens is 3. The van der Waals surface area contributed by atoms with Gasteiger partial charge in [0.05, 0.1) is 30.9 Å². The molecule has 3 aliphatic heterocycles. The van der Waals surface area contributed by atoms with Crippen LogP contribution in [0, 0.1) is 0 Å². The molecular formula is C25H34F3N9O9S. The van der Waals surface area contributed by atoms with E-state index in [-0.39, 0.29) is 13.0 Å². The van der Waals surface area contributed by atoms with Gasteiger partial charge in [0.1, 0.15) is 30.5 Å². The molecule has 10 atom stereocenters. The van der Waals surface area contributed by atoms with E-state index in [1.54, 1.807) is 0 Å². The Morgan fingerprint density at radius 3 is 1.94 bits per heavy atom. The monoisotopic (exact) mass is 693 g/mol. The molecule has 0 amide bonds. The third-order valence-electron chi connectivity index (χ3n) is 9.70. The van der Waals surface area contributed by atoms with Gasteiger partial charge in [-0.1, -0.05) is 28.2 Å². The Labute approximate surface area is 266 Å². The van der Waals surface area contributed by atoms with Crippen molar-refractivity contribution in [1.82, 2.24) is 0 Å². The molecule has 3 saturated heterocycles. The van der Waals surface area contributed by atoms with Gasteiger partial charge in [0.2, 0.25) is 0 Å². The van der Waals surface area contributed by atoms with Crippen molar-refractivity contribution in [2.75, 3.05) is 6.61 Å². The molecule has 6 rings (SSSR count). The SMILES string of the molecule is [N-]=[N+]=NC1[C@H](O[C@H]2C(N=[N+]=[N-])C[C@@H](N=[N+]=[N-])C3OC4(CCCCC4)O[C@H]32)OC2COC3(CCCCC3)O[C@@H]2[C@@H]1OS(=O)(=O)C(F)(F)F. The lowest BCUT2D eigenvalue weighted by Crippen LogP contribution is -2.67. The number of alkyl halides is 3. The van der Waals surface area contributed by atoms with E-state index in [0.717, 1.165) is 25.7 Å². The predicted octanol–water partition coefficient (Wildman–Crippen LogP) is 5.29. The summed E-state index contributed by atoms with van der Waals surface area (Å²) in [5.74, 6) is -2.26. The van der Waals surface area contributed by atoms with E-state index in [1.807, 2.05) is 0 Å². The van der Waals surface area contributed by atoms with Gasteiger partial charge in [-0.3, -0.25) is 4.18 Å². The molecule has 6 fully saturated rings. The van der Waals surface area contributed by atoms with Crippen molar-refractivity contribution in [2.24, 2.45) is 15.3 Å². The van der Waals surface area contributed by atoms with Crippen LogP contribution in [-0.4, -0.2) is 93.1 Å². The van der Waals surface area contributed by atoms with Crippen LogP contribution in [0.5, 0.6) is 0 Å². The number of fused-ring (bicyclic) bond motifs is 2. The van der Waals surface area contributed by atoms with Gasteiger partial charge >= 0.3 is 15.6 Å². The first-order valence-corrected chi connectivity index (χ1v) is 17.0. The van der Waals surface area contributed by atoms with Gasteiger partial charge in [-0.2, -0.15) is 21.6 Å². The van der Waals surface area contributed by atoms with E-state index in [1.165, 1.54) is 0 Å². The molecule has 4 unspecified atom stereocenters. The molecule has 0 radical (unpaired) electrons. The molecule has 0 N–H and O–H groups in total. The minimum Gasteiger partial charge on any atom is -0.347 e. The average Bonchev–Trinajstić information content (AvgIpc) is 3.39. The summed E-state index contributed by atoms with van der Waals surface area (Å²) in [5.41, 5.74) is 22.3. The van der Waals surface area contributed by atoms with E-state index in [0.29, 0.717) is 38.5 Å². The molecule has 6 aliphatic rings. The number of azide groups is 3. The fraction of sp³-hybridized carbons (Fsp3) is 1.00. The molecule has 2 spiro atoms. The number of ether oxygens (including phenoxy) is 6. The molecule has 3 heterocycles. The standard InChI is InChI=1S/C25H34F3N9O9S/c26-25(27,28)47(38,39)46-20-16(34-37-31)22(41-15-12-40-23(44-19(15)20)7-3-1-4-8-23)42-17-13(32-35-29)11-14(33-36-30)18-21(17)45-24(43-18)9-5-2-6-10-24/h13-22H,1-12H2/t13?,14-,15?,16?,17+,18?,19+,20-,21+,22+/m1/s1. The fourth-order valence-electron chi connectivity index (χ4n) is 7.59. The molecule has 18 nitrogen and oxygen atoms in total. The molecule has 0 aromatic carbocycles. The number of nitrogens with zero attached hydrogens (tertiary/aromatic N) is 9. The Morgan fingerprint density at radius 2 is 1.32 bits per heavy atom. The number of rotatable bonds is 7. The van der Waals surface area contributed by atoms with Crippen molar-refractivity contribution >= 4 is 10.1 Å². The second kappa shape index (κ2) is 13.4. The quantitative estimate of drug-likeness (QED) is 0.110. The van der Waals surface area contributed by atoms with Crippen LogP contribution in [0.15, 0.2) is 15.3 Å². The second-order valence-electron chi connectivity index (χ2n) is 12.6. The Morgan fingerprint density at radius 1 is 0.745 bits per heavy atom. The van der Waals surface area contributed by atoms with E-state index < -0.39 is 88.2 Å².